The molecule has 0 amide bonds. The van der Waals surface area contributed by atoms with Gasteiger partial charge in [0.2, 0.25) is 0 Å². The van der Waals surface area contributed by atoms with E-state index in [1.807, 2.05) is 0 Å². The molecular formula is C18H19N. The summed E-state index contributed by atoms with van der Waals surface area (Å²) in [5.74, 6) is 0.474. The van der Waals surface area contributed by atoms with Gasteiger partial charge in [-0.05, 0) is 31.6 Å². The number of fused-ring (bicyclic) bond motifs is 3. The van der Waals surface area contributed by atoms with Crippen molar-refractivity contribution >= 4 is 5.69 Å². The van der Waals surface area contributed by atoms with Gasteiger partial charge in [0.15, 0.2) is 0 Å². The number of allylic oxidation sites excluding steroid dienone is 5. The zero-order valence-corrected chi connectivity index (χ0v) is 11.5. The molecule has 1 nitrogen and oxygen atoms in total. The third-order valence-corrected chi connectivity index (χ3v) is 3.87. The lowest BCUT2D eigenvalue weighted by molar-refractivity contribution is 0.729. The maximum absolute atomic E-state index is 2.44. The molecule has 0 aromatic heterocycles. The summed E-state index contributed by atoms with van der Waals surface area (Å²) in [6, 6.07) is 9.14. The van der Waals surface area contributed by atoms with E-state index in [1.165, 1.54) is 16.9 Å². The molecule has 3 rings (SSSR count). The van der Waals surface area contributed by atoms with Crippen molar-refractivity contribution in [1.29, 1.82) is 0 Å². The van der Waals surface area contributed by atoms with Crippen molar-refractivity contribution in [1.82, 2.24) is 0 Å². The summed E-state index contributed by atoms with van der Waals surface area (Å²) in [4.78, 5) is 2.44. The van der Waals surface area contributed by atoms with Gasteiger partial charge in [-0.1, -0.05) is 54.7 Å². The highest BCUT2D eigenvalue weighted by Crippen LogP contribution is 2.45. The van der Waals surface area contributed by atoms with E-state index >= 15 is 0 Å². The Bertz CT molecular complexity index is 589. The second kappa shape index (κ2) is 4.93. The average molecular weight is 249 g/mol. The van der Waals surface area contributed by atoms with Gasteiger partial charge in [-0.3, -0.25) is 0 Å². The topological polar surface area (TPSA) is 3.24 Å². The summed E-state index contributed by atoms with van der Waals surface area (Å²) < 4.78 is 0. The summed E-state index contributed by atoms with van der Waals surface area (Å²) in [6.45, 7) is 4.17. The lowest BCUT2D eigenvalue weighted by Gasteiger charge is -2.29. The standard InChI is InChI=1S/C18H19N/c1-3-9-14(4-2)19-17-12-7-5-10-15(17)16-11-6-8-13-18(16)19/h3-13,15,17H,1-2H3. The van der Waals surface area contributed by atoms with E-state index in [1.54, 1.807) is 0 Å². The van der Waals surface area contributed by atoms with Gasteiger partial charge in [0, 0.05) is 17.3 Å². The molecule has 1 heteroatoms. The van der Waals surface area contributed by atoms with Crippen LogP contribution in [0.1, 0.15) is 25.3 Å². The Kier molecular flexibility index (Phi) is 3.12. The molecule has 0 spiro atoms. The summed E-state index contributed by atoms with van der Waals surface area (Å²) in [5.41, 5.74) is 4.03. The van der Waals surface area contributed by atoms with E-state index in [-0.39, 0.29) is 0 Å². The molecule has 0 N–H and O–H groups in total. The molecule has 0 saturated carbocycles. The van der Waals surface area contributed by atoms with Crippen LogP contribution in [0, 0.1) is 0 Å². The third kappa shape index (κ3) is 1.86. The van der Waals surface area contributed by atoms with E-state index < -0.39 is 0 Å². The highest BCUT2D eigenvalue weighted by atomic mass is 15.2. The first-order valence-corrected chi connectivity index (χ1v) is 6.89. The van der Waals surface area contributed by atoms with Gasteiger partial charge in [0.05, 0.1) is 6.04 Å². The molecule has 96 valence electrons. The summed E-state index contributed by atoms with van der Waals surface area (Å²) >= 11 is 0. The zero-order valence-electron chi connectivity index (χ0n) is 11.5. The monoisotopic (exact) mass is 249 g/mol. The quantitative estimate of drug-likeness (QED) is 0.694. The smallest absolute Gasteiger partial charge is 0.0629 e. The fourth-order valence-corrected chi connectivity index (χ4v) is 3.08. The Balaban J connectivity index is 2.13. The molecule has 1 aliphatic heterocycles. The van der Waals surface area contributed by atoms with Crippen LogP contribution in [0.3, 0.4) is 0 Å². The normalized spacial score (nSPS) is 24.9. The lowest BCUT2D eigenvalue weighted by Crippen LogP contribution is -2.31. The Morgan fingerprint density at radius 3 is 2.68 bits per heavy atom. The SMILES string of the molecule is CC=CC(=CC)N1c2ccccc2C2C=CC=CC21. The Morgan fingerprint density at radius 2 is 1.89 bits per heavy atom. The van der Waals surface area contributed by atoms with Gasteiger partial charge in [-0.2, -0.15) is 0 Å². The van der Waals surface area contributed by atoms with Crippen LogP contribution in [-0.2, 0) is 0 Å². The molecule has 0 bridgehead atoms. The molecule has 1 aromatic rings. The van der Waals surface area contributed by atoms with Gasteiger partial charge < -0.3 is 4.90 Å². The second-order valence-corrected chi connectivity index (χ2v) is 4.93. The van der Waals surface area contributed by atoms with Crippen LogP contribution >= 0.6 is 0 Å². The van der Waals surface area contributed by atoms with Crippen LogP contribution < -0.4 is 4.90 Å². The summed E-state index contributed by atoms with van der Waals surface area (Å²) in [6.07, 6.45) is 15.4. The van der Waals surface area contributed by atoms with Crippen molar-refractivity contribution in [3.8, 4) is 0 Å². The number of anilines is 1. The van der Waals surface area contributed by atoms with E-state index in [4.69, 9.17) is 0 Å². The Hall–Kier alpha value is -2.02. The van der Waals surface area contributed by atoms with E-state index in [2.05, 4.69) is 85.5 Å². The molecule has 1 aliphatic carbocycles. The Labute approximate surface area is 115 Å². The fourth-order valence-electron chi connectivity index (χ4n) is 3.08. The molecule has 2 unspecified atom stereocenters. The van der Waals surface area contributed by atoms with Gasteiger partial charge >= 0.3 is 0 Å². The molecule has 2 aliphatic rings. The van der Waals surface area contributed by atoms with Crippen molar-refractivity contribution < 1.29 is 0 Å². The zero-order chi connectivity index (χ0) is 13.2. The maximum atomic E-state index is 2.44. The first-order chi connectivity index (χ1) is 9.36. The van der Waals surface area contributed by atoms with Crippen molar-refractivity contribution in [2.45, 2.75) is 25.8 Å². The van der Waals surface area contributed by atoms with Crippen molar-refractivity contribution in [3.63, 3.8) is 0 Å². The number of para-hydroxylation sites is 1. The van der Waals surface area contributed by atoms with Crippen molar-refractivity contribution in [2.24, 2.45) is 0 Å². The van der Waals surface area contributed by atoms with Crippen molar-refractivity contribution in [2.75, 3.05) is 4.90 Å². The molecule has 0 radical (unpaired) electrons. The number of rotatable bonds is 2. The summed E-state index contributed by atoms with van der Waals surface area (Å²) in [7, 11) is 0. The van der Waals surface area contributed by atoms with Crippen LogP contribution in [0.25, 0.3) is 0 Å². The van der Waals surface area contributed by atoms with Crippen LogP contribution in [-0.4, -0.2) is 6.04 Å². The largest absolute Gasteiger partial charge is 0.334 e. The minimum atomic E-state index is 0.407. The van der Waals surface area contributed by atoms with E-state index in [0.29, 0.717) is 12.0 Å². The summed E-state index contributed by atoms with van der Waals surface area (Å²) in [5, 5.41) is 0. The minimum absolute atomic E-state index is 0.407. The van der Waals surface area contributed by atoms with E-state index in [0.717, 1.165) is 0 Å². The van der Waals surface area contributed by atoms with Crippen LogP contribution in [0.15, 0.2) is 72.5 Å². The number of nitrogens with zero attached hydrogens (tertiary/aromatic N) is 1. The highest BCUT2D eigenvalue weighted by molar-refractivity contribution is 5.70. The first-order valence-electron chi connectivity index (χ1n) is 6.89. The van der Waals surface area contributed by atoms with Crippen LogP contribution in [0.2, 0.25) is 0 Å². The number of hydrogen-bond donors (Lipinski definition) is 0. The Morgan fingerprint density at radius 1 is 1.11 bits per heavy atom. The number of hydrogen-bond acceptors (Lipinski definition) is 1. The molecule has 1 heterocycles. The van der Waals surface area contributed by atoms with Crippen LogP contribution in [0.4, 0.5) is 5.69 Å². The minimum Gasteiger partial charge on any atom is -0.334 e. The van der Waals surface area contributed by atoms with Gasteiger partial charge in [0.25, 0.3) is 0 Å². The number of benzene rings is 1. The molecule has 0 fully saturated rings. The van der Waals surface area contributed by atoms with Gasteiger partial charge in [-0.25, -0.2) is 0 Å². The average Bonchev–Trinajstić information content (AvgIpc) is 2.80. The fraction of sp³-hybridized carbons (Fsp3) is 0.222. The van der Waals surface area contributed by atoms with Gasteiger partial charge in [0.1, 0.15) is 0 Å². The third-order valence-electron chi connectivity index (χ3n) is 3.87. The molecular weight excluding hydrogens is 230 g/mol. The first kappa shape index (κ1) is 12.0. The second-order valence-electron chi connectivity index (χ2n) is 4.93. The lowest BCUT2D eigenvalue weighted by atomic mass is 9.91. The van der Waals surface area contributed by atoms with E-state index in [9.17, 15) is 0 Å². The van der Waals surface area contributed by atoms with Gasteiger partial charge in [-0.15, -0.1) is 0 Å². The predicted octanol–water partition coefficient (Wildman–Crippen LogP) is 4.56. The maximum Gasteiger partial charge on any atom is 0.0629 e. The highest BCUT2D eigenvalue weighted by Gasteiger charge is 2.36. The van der Waals surface area contributed by atoms with Crippen molar-refractivity contribution in [3.05, 3.63) is 78.1 Å². The van der Waals surface area contributed by atoms with Crippen LogP contribution in [0.5, 0.6) is 0 Å². The molecule has 1 aromatic carbocycles. The molecule has 19 heavy (non-hydrogen) atoms. The molecule has 0 saturated heterocycles. The predicted molar refractivity (Wildman–Crippen MR) is 82.3 cm³/mol. The molecule has 2 atom stereocenters.